The molecular formula is C13H23N3O3. The Kier molecular flexibility index (Phi) is 4.76. The van der Waals surface area contributed by atoms with Gasteiger partial charge in [-0.3, -0.25) is 14.9 Å². The molecule has 0 aromatic carbocycles. The highest BCUT2D eigenvalue weighted by atomic mass is 16.5. The van der Waals surface area contributed by atoms with Gasteiger partial charge in [0.25, 0.3) is 0 Å². The lowest BCUT2D eigenvalue weighted by Gasteiger charge is -2.34. The van der Waals surface area contributed by atoms with Crippen LogP contribution < -0.4 is 10.6 Å². The Balaban J connectivity index is 1.95. The van der Waals surface area contributed by atoms with E-state index in [-0.39, 0.29) is 30.4 Å². The van der Waals surface area contributed by atoms with Crippen LogP contribution in [-0.2, 0) is 14.3 Å². The lowest BCUT2D eigenvalue weighted by Crippen LogP contribution is -2.60. The Morgan fingerprint density at radius 3 is 2.79 bits per heavy atom. The molecule has 2 N–H and O–H groups in total. The predicted molar refractivity (Wildman–Crippen MR) is 70.6 cm³/mol. The third kappa shape index (κ3) is 3.67. The van der Waals surface area contributed by atoms with Gasteiger partial charge in [0.15, 0.2) is 0 Å². The summed E-state index contributed by atoms with van der Waals surface area (Å²) in [6, 6.07) is -0.0576. The molecule has 1 heterocycles. The molecular weight excluding hydrogens is 246 g/mol. The Morgan fingerprint density at radius 2 is 2.26 bits per heavy atom. The van der Waals surface area contributed by atoms with Crippen molar-refractivity contribution in [1.82, 2.24) is 15.5 Å². The highest BCUT2D eigenvalue weighted by molar-refractivity contribution is 5.87. The maximum atomic E-state index is 12.5. The molecule has 1 aliphatic heterocycles. The third-order valence-corrected chi connectivity index (χ3v) is 3.93. The molecule has 2 aliphatic rings. The summed E-state index contributed by atoms with van der Waals surface area (Å²) in [6.45, 7) is 3.85. The first-order valence-corrected chi connectivity index (χ1v) is 6.93. The molecule has 6 nitrogen and oxygen atoms in total. The van der Waals surface area contributed by atoms with Crippen LogP contribution in [0.3, 0.4) is 0 Å². The summed E-state index contributed by atoms with van der Waals surface area (Å²) >= 11 is 0. The molecule has 2 fully saturated rings. The van der Waals surface area contributed by atoms with Crippen LogP contribution in [0.2, 0.25) is 0 Å². The van der Waals surface area contributed by atoms with Crippen LogP contribution in [0.1, 0.15) is 19.8 Å². The second-order valence-electron chi connectivity index (χ2n) is 5.34. The summed E-state index contributed by atoms with van der Waals surface area (Å²) in [5.74, 6) is 0.637. The lowest BCUT2D eigenvalue weighted by molar-refractivity contribution is -0.137. The molecule has 6 heteroatoms. The summed E-state index contributed by atoms with van der Waals surface area (Å²) < 4.78 is 5.09. The molecule has 0 bridgehead atoms. The van der Waals surface area contributed by atoms with E-state index in [1.165, 1.54) is 12.8 Å². The average molecular weight is 269 g/mol. The maximum absolute atomic E-state index is 12.5. The molecule has 1 saturated carbocycles. The van der Waals surface area contributed by atoms with Crippen LogP contribution in [-0.4, -0.2) is 62.1 Å². The zero-order valence-corrected chi connectivity index (χ0v) is 11.6. The number of piperazine rings is 1. The molecule has 2 rings (SSSR count). The van der Waals surface area contributed by atoms with Crippen molar-refractivity contribution in [2.24, 2.45) is 5.92 Å². The van der Waals surface area contributed by atoms with Gasteiger partial charge in [0, 0.05) is 26.2 Å². The molecule has 0 aromatic rings. The van der Waals surface area contributed by atoms with Gasteiger partial charge >= 0.3 is 0 Å². The number of amides is 2. The number of nitrogens with one attached hydrogen (secondary N) is 2. The van der Waals surface area contributed by atoms with Crippen molar-refractivity contribution in [3.8, 4) is 0 Å². The van der Waals surface area contributed by atoms with E-state index in [9.17, 15) is 9.59 Å². The number of hydrogen-bond donors (Lipinski definition) is 2. The second kappa shape index (κ2) is 6.34. The maximum Gasteiger partial charge on any atom is 0.241 e. The van der Waals surface area contributed by atoms with E-state index in [1.54, 1.807) is 7.11 Å². The first-order chi connectivity index (χ1) is 9.13. The van der Waals surface area contributed by atoms with E-state index in [0.717, 1.165) is 0 Å². The fourth-order valence-electron chi connectivity index (χ4n) is 2.48. The minimum atomic E-state index is -0.309. The highest BCUT2D eigenvalue weighted by Crippen LogP contribution is 2.35. The van der Waals surface area contributed by atoms with Gasteiger partial charge in [-0.25, -0.2) is 0 Å². The standard InChI is InChI=1S/C13H23N3O3/c1-9(10-3-4-10)16(5-6-19-2)13(18)11-7-15-12(17)8-14-11/h9-11,14H,3-8H2,1-2H3,(H,15,17). The smallest absolute Gasteiger partial charge is 0.241 e. The largest absolute Gasteiger partial charge is 0.383 e. The Bertz CT molecular complexity index is 334. The van der Waals surface area contributed by atoms with Crippen molar-refractivity contribution in [3.05, 3.63) is 0 Å². The highest BCUT2D eigenvalue weighted by Gasteiger charge is 2.37. The van der Waals surface area contributed by atoms with Gasteiger partial charge in [0.1, 0.15) is 6.04 Å². The van der Waals surface area contributed by atoms with E-state index in [2.05, 4.69) is 17.6 Å². The number of rotatable bonds is 6. The van der Waals surface area contributed by atoms with Gasteiger partial charge < -0.3 is 15.0 Å². The van der Waals surface area contributed by atoms with Crippen LogP contribution in [0.4, 0.5) is 0 Å². The van der Waals surface area contributed by atoms with Crippen LogP contribution in [0, 0.1) is 5.92 Å². The van der Waals surface area contributed by atoms with Gasteiger partial charge in [0.05, 0.1) is 13.2 Å². The van der Waals surface area contributed by atoms with Gasteiger partial charge in [-0.05, 0) is 25.7 Å². The number of methoxy groups -OCH3 is 1. The van der Waals surface area contributed by atoms with Crippen molar-refractivity contribution in [1.29, 1.82) is 0 Å². The van der Waals surface area contributed by atoms with E-state index in [4.69, 9.17) is 4.74 Å². The Labute approximate surface area is 113 Å². The second-order valence-corrected chi connectivity index (χ2v) is 5.34. The molecule has 0 aromatic heterocycles. The van der Waals surface area contributed by atoms with E-state index >= 15 is 0 Å². The number of carbonyl (C=O) groups is 2. The lowest BCUT2D eigenvalue weighted by atomic mass is 10.1. The zero-order chi connectivity index (χ0) is 13.8. The van der Waals surface area contributed by atoms with Gasteiger partial charge in [0.2, 0.25) is 11.8 Å². The normalized spacial score (nSPS) is 24.7. The van der Waals surface area contributed by atoms with Gasteiger partial charge in [-0.1, -0.05) is 0 Å². The van der Waals surface area contributed by atoms with Crippen LogP contribution >= 0.6 is 0 Å². The van der Waals surface area contributed by atoms with E-state index in [1.807, 2.05) is 4.90 Å². The van der Waals surface area contributed by atoms with E-state index in [0.29, 0.717) is 25.6 Å². The fraction of sp³-hybridized carbons (Fsp3) is 0.846. The molecule has 0 spiro atoms. The SMILES string of the molecule is COCCN(C(=O)C1CNC(=O)CN1)C(C)C1CC1. The summed E-state index contributed by atoms with van der Waals surface area (Å²) in [5, 5.41) is 5.72. The van der Waals surface area contributed by atoms with Crippen molar-refractivity contribution < 1.29 is 14.3 Å². The summed E-state index contributed by atoms with van der Waals surface area (Å²) in [4.78, 5) is 25.5. The summed E-state index contributed by atoms with van der Waals surface area (Å²) in [5.41, 5.74) is 0. The monoisotopic (exact) mass is 269 g/mol. The van der Waals surface area contributed by atoms with Crippen molar-refractivity contribution in [2.75, 3.05) is 33.4 Å². The van der Waals surface area contributed by atoms with Crippen LogP contribution in [0.25, 0.3) is 0 Å². The molecule has 2 atom stereocenters. The third-order valence-electron chi connectivity index (χ3n) is 3.93. The van der Waals surface area contributed by atoms with Crippen molar-refractivity contribution in [2.45, 2.75) is 31.8 Å². The molecule has 1 saturated heterocycles. The predicted octanol–water partition coefficient (Wildman–Crippen LogP) is -0.652. The molecule has 2 unspecified atom stereocenters. The Hall–Kier alpha value is -1.14. The minimum absolute atomic E-state index is 0.0530. The van der Waals surface area contributed by atoms with E-state index < -0.39 is 0 Å². The van der Waals surface area contributed by atoms with Crippen molar-refractivity contribution in [3.63, 3.8) is 0 Å². The number of hydrogen-bond acceptors (Lipinski definition) is 4. The van der Waals surface area contributed by atoms with Gasteiger partial charge in [-0.2, -0.15) is 0 Å². The number of ether oxygens (including phenoxy) is 1. The van der Waals surface area contributed by atoms with Crippen molar-refractivity contribution >= 4 is 11.8 Å². The molecule has 108 valence electrons. The molecule has 2 amide bonds. The van der Waals surface area contributed by atoms with Gasteiger partial charge in [-0.15, -0.1) is 0 Å². The summed E-state index contributed by atoms with van der Waals surface area (Å²) in [7, 11) is 1.64. The minimum Gasteiger partial charge on any atom is -0.383 e. The molecule has 0 radical (unpaired) electrons. The molecule has 1 aliphatic carbocycles. The quantitative estimate of drug-likeness (QED) is 0.672. The Morgan fingerprint density at radius 1 is 1.53 bits per heavy atom. The average Bonchev–Trinajstić information content (AvgIpc) is 3.23. The number of carbonyl (C=O) groups excluding carboxylic acids is 2. The summed E-state index contributed by atoms with van der Waals surface area (Å²) in [6.07, 6.45) is 2.40. The topological polar surface area (TPSA) is 70.7 Å². The fourth-order valence-corrected chi connectivity index (χ4v) is 2.48. The first-order valence-electron chi connectivity index (χ1n) is 6.93. The van der Waals surface area contributed by atoms with Crippen LogP contribution in [0.15, 0.2) is 0 Å². The zero-order valence-electron chi connectivity index (χ0n) is 11.6. The molecule has 19 heavy (non-hydrogen) atoms. The number of nitrogens with zero attached hydrogens (tertiary/aromatic N) is 1. The van der Waals surface area contributed by atoms with Crippen LogP contribution in [0.5, 0.6) is 0 Å². The first kappa shape index (κ1) is 14.3.